The Morgan fingerprint density at radius 1 is 1.32 bits per heavy atom. The zero-order valence-electron chi connectivity index (χ0n) is 12.1. The van der Waals surface area contributed by atoms with Crippen LogP contribution in [0.15, 0.2) is 18.2 Å². The van der Waals surface area contributed by atoms with E-state index in [-0.39, 0.29) is 5.82 Å². The van der Waals surface area contributed by atoms with E-state index in [1.165, 1.54) is 6.07 Å². The molecule has 0 aromatic heterocycles. The first-order chi connectivity index (χ1) is 8.90. The second kappa shape index (κ2) is 5.59. The second-order valence-corrected chi connectivity index (χ2v) is 6.21. The number of hydrogen-bond donors (Lipinski definition) is 1. The lowest BCUT2D eigenvalue weighted by molar-refractivity contribution is -0.0305. The van der Waals surface area contributed by atoms with Crippen LogP contribution in [0.5, 0.6) is 0 Å². The number of likely N-dealkylation sites (tertiary alicyclic amines) is 1. The Labute approximate surface area is 115 Å². The SMILES string of the molecule is Cc1ccc(F)c(C2(O)CCN(CC(C)C)CC2)c1. The van der Waals surface area contributed by atoms with Crippen molar-refractivity contribution in [2.24, 2.45) is 5.92 Å². The summed E-state index contributed by atoms with van der Waals surface area (Å²) in [5, 5.41) is 10.7. The first kappa shape index (κ1) is 14.5. The third-order valence-corrected chi connectivity index (χ3v) is 3.93. The number of piperidine rings is 1. The van der Waals surface area contributed by atoms with Crippen molar-refractivity contribution in [1.82, 2.24) is 4.90 Å². The van der Waals surface area contributed by atoms with Crippen molar-refractivity contribution in [1.29, 1.82) is 0 Å². The van der Waals surface area contributed by atoms with Crippen LogP contribution in [-0.4, -0.2) is 29.6 Å². The summed E-state index contributed by atoms with van der Waals surface area (Å²) in [4.78, 5) is 2.35. The van der Waals surface area contributed by atoms with Crippen molar-refractivity contribution >= 4 is 0 Å². The molecule has 0 spiro atoms. The van der Waals surface area contributed by atoms with E-state index in [4.69, 9.17) is 0 Å². The maximum atomic E-state index is 13.9. The van der Waals surface area contributed by atoms with E-state index < -0.39 is 5.60 Å². The predicted molar refractivity (Wildman–Crippen MR) is 75.5 cm³/mol. The zero-order chi connectivity index (χ0) is 14.0. The molecule has 3 heteroatoms. The fraction of sp³-hybridized carbons (Fsp3) is 0.625. The van der Waals surface area contributed by atoms with Gasteiger partial charge in [0.1, 0.15) is 5.82 Å². The largest absolute Gasteiger partial charge is 0.385 e. The molecule has 1 aliphatic rings. The normalized spacial score (nSPS) is 19.9. The monoisotopic (exact) mass is 265 g/mol. The molecular weight excluding hydrogens is 241 g/mol. The van der Waals surface area contributed by atoms with Crippen molar-refractivity contribution in [3.05, 3.63) is 35.1 Å². The van der Waals surface area contributed by atoms with Crippen molar-refractivity contribution in [3.63, 3.8) is 0 Å². The van der Waals surface area contributed by atoms with E-state index in [2.05, 4.69) is 18.7 Å². The van der Waals surface area contributed by atoms with Crippen LogP contribution < -0.4 is 0 Å². The van der Waals surface area contributed by atoms with E-state index in [1.807, 2.05) is 6.92 Å². The molecule has 0 bridgehead atoms. The molecular formula is C16H24FNO. The van der Waals surface area contributed by atoms with Crippen LogP contribution in [0.3, 0.4) is 0 Å². The summed E-state index contributed by atoms with van der Waals surface area (Å²) in [5.41, 5.74) is 0.468. The van der Waals surface area contributed by atoms with Gasteiger partial charge in [-0.15, -0.1) is 0 Å². The lowest BCUT2D eigenvalue weighted by atomic mass is 9.83. The summed E-state index contributed by atoms with van der Waals surface area (Å²) in [7, 11) is 0. The Hall–Kier alpha value is -0.930. The standard InChI is InChI=1S/C16H24FNO/c1-12(2)11-18-8-6-16(19,7-9-18)14-10-13(3)4-5-15(14)17/h4-5,10,12,19H,6-9,11H2,1-3H3. The minimum Gasteiger partial charge on any atom is -0.385 e. The van der Waals surface area contributed by atoms with Crippen LogP contribution in [0, 0.1) is 18.7 Å². The number of hydrogen-bond acceptors (Lipinski definition) is 2. The summed E-state index contributed by atoms with van der Waals surface area (Å²) in [6, 6.07) is 4.99. The molecule has 19 heavy (non-hydrogen) atoms. The summed E-state index contributed by atoms with van der Waals surface area (Å²) >= 11 is 0. The van der Waals surface area contributed by atoms with Crippen molar-refractivity contribution < 1.29 is 9.50 Å². The molecule has 1 N–H and O–H groups in total. The number of nitrogens with zero attached hydrogens (tertiary/aromatic N) is 1. The Morgan fingerprint density at radius 3 is 2.53 bits per heavy atom. The molecule has 1 aromatic rings. The molecule has 1 aromatic carbocycles. The molecule has 0 aliphatic carbocycles. The number of halogens is 1. The molecule has 1 saturated heterocycles. The molecule has 0 saturated carbocycles. The van der Waals surface area contributed by atoms with Crippen LogP contribution in [0.1, 0.15) is 37.8 Å². The molecule has 1 aliphatic heterocycles. The molecule has 2 nitrogen and oxygen atoms in total. The molecule has 106 valence electrons. The topological polar surface area (TPSA) is 23.5 Å². The van der Waals surface area contributed by atoms with Gasteiger partial charge >= 0.3 is 0 Å². The lowest BCUT2D eigenvalue weighted by Gasteiger charge is -2.39. The van der Waals surface area contributed by atoms with Crippen LogP contribution in [0.2, 0.25) is 0 Å². The summed E-state index contributed by atoms with van der Waals surface area (Å²) < 4.78 is 13.9. The van der Waals surface area contributed by atoms with Crippen molar-refractivity contribution in [2.75, 3.05) is 19.6 Å². The van der Waals surface area contributed by atoms with Crippen LogP contribution in [-0.2, 0) is 5.60 Å². The summed E-state index contributed by atoms with van der Waals surface area (Å²) in [6.07, 6.45) is 1.22. The Balaban J connectivity index is 2.11. The van der Waals surface area contributed by atoms with Gasteiger partial charge in [0, 0.05) is 25.2 Å². The lowest BCUT2D eigenvalue weighted by Crippen LogP contribution is -2.44. The van der Waals surface area contributed by atoms with E-state index in [0.717, 1.165) is 25.2 Å². The fourth-order valence-corrected chi connectivity index (χ4v) is 2.89. The Kier molecular flexibility index (Phi) is 4.26. The summed E-state index contributed by atoms with van der Waals surface area (Å²) in [5.74, 6) is 0.340. The van der Waals surface area contributed by atoms with Crippen molar-refractivity contribution in [3.8, 4) is 0 Å². The van der Waals surface area contributed by atoms with Gasteiger partial charge in [-0.2, -0.15) is 0 Å². The van der Waals surface area contributed by atoms with Gasteiger partial charge in [-0.1, -0.05) is 31.5 Å². The van der Waals surface area contributed by atoms with Gasteiger partial charge < -0.3 is 10.0 Å². The molecule has 0 radical (unpaired) electrons. The van der Waals surface area contributed by atoms with Gasteiger partial charge in [0.15, 0.2) is 0 Å². The van der Waals surface area contributed by atoms with Crippen LogP contribution >= 0.6 is 0 Å². The van der Waals surface area contributed by atoms with Gasteiger partial charge in [0.2, 0.25) is 0 Å². The highest BCUT2D eigenvalue weighted by molar-refractivity contribution is 5.29. The molecule has 2 rings (SSSR count). The van der Waals surface area contributed by atoms with Gasteiger partial charge in [-0.25, -0.2) is 4.39 Å². The number of rotatable bonds is 3. The highest BCUT2D eigenvalue weighted by atomic mass is 19.1. The van der Waals surface area contributed by atoms with Gasteiger partial charge in [-0.3, -0.25) is 0 Å². The van der Waals surface area contributed by atoms with E-state index >= 15 is 0 Å². The van der Waals surface area contributed by atoms with E-state index in [9.17, 15) is 9.50 Å². The van der Waals surface area contributed by atoms with Gasteiger partial charge in [-0.05, 0) is 31.7 Å². The average molecular weight is 265 g/mol. The Morgan fingerprint density at radius 2 is 1.95 bits per heavy atom. The Bertz CT molecular complexity index is 436. The maximum absolute atomic E-state index is 13.9. The van der Waals surface area contributed by atoms with E-state index in [0.29, 0.717) is 24.3 Å². The fourth-order valence-electron chi connectivity index (χ4n) is 2.89. The molecule has 1 fully saturated rings. The van der Waals surface area contributed by atoms with Crippen molar-refractivity contribution in [2.45, 2.75) is 39.2 Å². The smallest absolute Gasteiger partial charge is 0.129 e. The second-order valence-electron chi connectivity index (χ2n) is 6.21. The molecule has 0 unspecified atom stereocenters. The maximum Gasteiger partial charge on any atom is 0.129 e. The van der Waals surface area contributed by atoms with Crippen LogP contribution in [0.4, 0.5) is 4.39 Å². The highest BCUT2D eigenvalue weighted by Gasteiger charge is 2.36. The minimum absolute atomic E-state index is 0.287. The minimum atomic E-state index is -0.996. The molecule has 1 heterocycles. The first-order valence-electron chi connectivity index (χ1n) is 7.12. The summed E-state index contributed by atoms with van der Waals surface area (Å²) in [6.45, 7) is 9.04. The third kappa shape index (κ3) is 3.34. The zero-order valence-corrected chi connectivity index (χ0v) is 12.1. The van der Waals surface area contributed by atoms with Gasteiger partial charge in [0.25, 0.3) is 0 Å². The van der Waals surface area contributed by atoms with E-state index in [1.54, 1.807) is 12.1 Å². The third-order valence-electron chi connectivity index (χ3n) is 3.93. The quantitative estimate of drug-likeness (QED) is 0.908. The predicted octanol–water partition coefficient (Wildman–Crippen LogP) is 3.07. The number of aliphatic hydroxyl groups is 1. The molecule has 0 atom stereocenters. The average Bonchev–Trinajstić information content (AvgIpc) is 2.35. The van der Waals surface area contributed by atoms with Gasteiger partial charge in [0.05, 0.1) is 5.60 Å². The first-order valence-corrected chi connectivity index (χ1v) is 7.12. The molecule has 0 amide bonds. The number of benzene rings is 1. The highest BCUT2D eigenvalue weighted by Crippen LogP contribution is 2.34. The van der Waals surface area contributed by atoms with Crippen LogP contribution in [0.25, 0.3) is 0 Å². The number of aryl methyl sites for hydroxylation is 1.